The van der Waals surface area contributed by atoms with Crippen LogP contribution in [-0.2, 0) is 11.3 Å². The average molecular weight is 328 g/mol. The molecule has 0 radical (unpaired) electrons. The molecular weight excluding hydrogens is 304 g/mol. The summed E-state index contributed by atoms with van der Waals surface area (Å²) in [6.45, 7) is 7.45. The monoisotopic (exact) mass is 328 g/mol. The van der Waals surface area contributed by atoms with Gasteiger partial charge in [0.1, 0.15) is 11.8 Å². The summed E-state index contributed by atoms with van der Waals surface area (Å²) in [5.74, 6) is 2.83. The van der Waals surface area contributed by atoms with Crippen molar-refractivity contribution in [2.75, 3.05) is 13.7 Å². The van der Waals surface area contributed by atoms with Crippen LogP contribution in [0.25, 0.3) is 11.4 Å². The largest absolute Gasteiger partial charge is 0.496 e. The van der Waals surface area contributed by atoms with Gasteiger partial charge in [0.2, 0.25) is 5.91 Å². The van der Waals surface area contributed by atoms with E-state index in [1.807, 2.05) is 40.7 Å². The summed E-state index contributed by atoms with van der Waals surface area (Å²) in [6, 6.07) is 7.46. The zero-order valence-electron chi connectivity index (χ0n) is 14.7. The van der Waals surface area contributed by atoms with E-state index >= 15 is 0 Å². The second-order valence-corrected chi connectivity index (χ2v) is 6.51. The number of aromatic nitrogens is 3. The number of fused-ring (bicyclic) bond motifs is 1. The lowest BCUT2D eigenvalue weighted by molar-refractivity contribution is -0.137. The van der Waals surface area contributed by atoms with Crippen molar-refractivity contribution in [3.63, 3.8) is 0 Å². The van der Waals surface area contributed by atoms with Crippen molar-refractivity contribution in [2.45, 2.75) is 39.8 Å². The molecule has 1 aromatic carbocycles. The molecule has 0 bridgehead atoms. The van der Waals surface area contributed by atoms with E-state index in [0.717, 1.165) is 23.6 Å². The first-order valence-corrected chi connectivity index (χ1v) is 8.42. The highest BCUT2D eigenvalue weighted by Crippen LogP contribution is 2.35. The Hall–Kier alpha value is -2.37. The molecule has 0 saturated heterocycles. The Balaban J connectivity index is 2.13. The third-order valence-corrected chi connectivity index (χ3v) is 4.43. The molecule has 1 atom stereocenters. The maximum atomic E-state index is 12.9. The number of carbonyl (C=O) groups excluding carboxylic acids is 1. The molecule has 0 saturated carbocycles. The Morgan fingerprint density at radius 2 is 2.04 bits per heavy atom. The van der Waals surface area contributed by atoms with E-state index in [4.69, 9.17) is 4.74 Å². The molecule has 1 aliphatic heterocycles. The number of likely N-dealkylation sites (N-methyl/N-ethyl adjacent to an activating group) is 1. The molecule has 0 N–H and O–H groups in total. The van der Waals surface area contributed by atoms with Gasteiger partial charge in [-0.15, -0.1) is 10.2 Å². The lowest BCUT2D eigenvalue weighted by atomic mass is 10.00. The average Bonchev–Trinajstić information content (AvgIpc) is 3.00. The molecule has 2 aromatic rings. The number of methoxy groups -OCH3 is 1. The van der Waals surface area contributed by atoms with Crippen LogP contribution in [0.1, 0.15) is 39.1 Å². The van der Waals surface area contributed by atoms with Gasteiger partial charge in [0, 0.05) is 6.54 Å². The molecule has 1 amide bonds. The highest BCUT2D eigenvalue weighted by molar-refractivity contribution is 5.82. The lowest BCUT2D eigenvalue weighted by Crippen LogP contribution is -2.43. The Labute approximate surface area is 142 Å². The maximum absolute atomic E-state index is 12.9. The van der Waals surface area contributed by atoms with Gasteiger partial charge in [0.05, 0.1) is 19.2 Å². The Morgan fingerprint density at radius 1 is 1.29 bits per heavy atom. The number of benzene rings is 1. The molecule has 24 heavy (non-hydrogen) atoms. The molecule has 0 aliphatic carbocycles. The van der Waals surface area contributed by atoms with Crippen molar-refractivity contribution in [1.29, 1.82) is 0 Å². The van der Waals surface area contributed by atoms with Gasteiger partial charge in [-0.05, 0) is 31.4 Å². The molecule has 128 valence electrons. The van der Waals surface area contributed by atoms with E-state index in [1.54, 1.807) is 7.11 Å². The van der Waals surface area contributed by atoms with Crippen molar-refractivity contribution in [2.24, 2.45) is 5.92 Å². The Kier molecular flexibility index (Phi) is 4.55. The molecule has 1 aliphatic rings. The minimum atomic E-state index is -0.261. The third-order valence-electron chi connectivity index (χ3n) is 4.43. The molecule has 2 heterocycles. The maximum Gasteiger partial charge on any atom is 0.246 e. The molecule has 1 aromatic heterocycles. The fourth-order valence-corrected chi connectivity index (χ4v) is 3.26. The predicted molar refractivity (Wildman–Crippen MR) is 91.6 cm³/mol. The van der Waals surface area contributed by atoms with Gasteiger partial charge in [0.25, 0.3) is 0 Å². The van der Waals surface area contributed by atoms with Crippen molar-refractivity contribution >= 4 is 5.91 Å². The standard InChI is InChI=1S/C18H24N4O2/c1-5-21-11-16-19-20-17(13-8-6-7-9-15(13)24-4)22(16)14(18(21)23)10-12(2)3/h6-9,12,14H,5,10-11H2,1-4H3/t14-/m0/s1. The Morgan fingerprint density at radius 3 is 2.71 bits per heavy atom. The number of hydrogen-bond acceptors (Lipinski definition) is 4. The summed E-state index contributed by atoms with van der Waals surface area (Å²) >= 11 is 0. The van der Waals surface area contributed by atoms with Gasteiger partial charge in [-0.25, -0.2) is 0 Å². The molecule has 0 unspecified atom stereocenters. The normalized spacial score (nSPS) is 17.3. The summed E-state index contributed by atoms with van der Waals surface area (Å²) in [5, 5.41) is 8.75. The van der Waals surface area contributed by atoms with Crippen LogP contribution < -0.4 is 4.74 Å². The first-order valence-electron chi connectivity index (χ1n) is 8.42. The summed E-state index contributed by atoms with van der Waals surface area (Å²) in [5.41, 5.74) is 0.866. The van der Waals surface area contributed by atoms with Crippen LogP contribution in [-0.4, -0.2) is 39.2 Å². The van der Waals surface area contributed by atoms with Crippen LogP contribution in [0.2, 0.25) is 0 Å². The summed E-state index contributed by atoms with van der Waals surface area (Å²) in [6.07, 6.45) is 0.766. The van der Waals surface area contributed by atoms with Crippen molar-refractivity contribution in [3.05, 3.63) is 30.1 Å². The van der Waals surface area contributed by atoms with Crippen LogP contribution in [0, 0.1) is 5.92 Å². The van der Waals surface area contributed by atoms with E-state index in [1.165, 1.54) is 0 Å². The van der Waals surface area contributed by atoms with Gasteiger partial charge >= 0.3 is 0 Å². The number of amides is 1. The number of nitrogens with zero attached hydrogens (tertiary/aromatic N) is 4. The van der Waals surface area contributed by atoms with Gasteiger partial charge in [-0.1, -0.05) is 26.0 Å². The van der Waals surface area contributed by atoms with Crippen LogP contribution in [0.4, 0.5) is 0 Å². The number of para-hydroxylation sites is 1. The topological polar surface area (TPSA) is 60.2 Å². The smallest absolute Gasteiger partial charge is 0.246 e. The molecule has 0 fully saturated rings. The second kappa shape index (κ2) is 6.63. The number of hydrogen-bond donors (Lipinski definition) is 0. The van der Waals surface area contributed by atoms with Crippen molar-refractivity contribution in [1.82, 2.24) is 19.7 Å². The quantitative estimate of drug-likeness (QED) is 0.847. The minimum absolute atomic E-state index is 0.148. The Bertz CT molecular complexity index is 738. The van der Waals surface area contributed by atoms with E-state index in [9.17, 15) is 4.79 Å². The summed E-state index contributed by atoms with van der Waals surface area (Å²) < 4.78 is 7.48. The van der Waals surface area contributed by atoms with E-state index < -0.39 is 0 Å². The van der Waals surface area contributed by atoms with Gasteiger partial charge < -0.3 is 9.64 Å². The molecule has 6 nitrogen and oxygen atoms in total. The minimum Gasteiger partial charge on any atom is -0.496 e. The van der Waals surface area contributed by atoms with E-state index in [2.05, 4.69) is 24.0 Å². The first kappa shape index (κ1) is 16.5. The van der Waals surface area contributed by atoms with Crippen molar-refractivity contribution in [3.8, 4) is 17.1 Å². The zero-order chi connectivity index (χ0) is 17.3. The van der Waals surface area contributed by atoms with E-state index in [0.29, 0.717) is 24.8 Å². The predicted octanol–water partition coefficient (Wildman–Crippen LogP) is 2.90. The summed E-state index contributed by atoms with van der Waals surface area (Å²) in [4.78, 5) is 14.8. The van der Waals surface area contributed by atoms with Crippen LogP contribution in [0.3, 0.4) is 0 Å². The van der Waals surface area contributed by atoms with Gasteiger partial charge in [-0.3, -0.25) is 9.36 Å². The van der Waals surface area contributed by atoms with E-state index in [-0.39, 0.29) is 11.9 Å². The lowest BCUT2D eigenvalue weighted by Gasteiger charge is -2.34. The summed E-state index contributed by atoms with van der Waals surface area (Å²) in [7, 11) is 1.64. The van der Waals surface area contributed by atoms with Crippen LogP contribution in [0.15, 0.2) is 24.3 Å². The SMILES string of the molecule is CCN1Cc2nnc(-c3ccccc3OC)n2[C@@H](CC(C)C)C1=O. The molecule has 0 spiro atoms. The molecule has 6 heteroatoms. The van der Waals surface area contributed by atoms with Crippen LogP contribution in [0.5, 0.6) is 5.75 Å². The number of carbonyl (C=O) groups is 1. The molecular formula is C18H24N4O2. The first-order chi connectivity index (χ1) is 11.6. The highest BCUT2D eigenvalue weighted by atomic mass is 16.5. The van der Waals surface area contributed by atoms with Crippen LogP contribution >= 0.6 is 0 Å². The van der Waals surface area contributed by atoms with Gasteiger partial charge in [0.15, 0.2) is 11.6 Å². The van der Waals surface area contributed by atoms with Gasteiger partial charge in [-0.2, -0.15) is 0 Å². The third kappa shape index (κ3) is 2.77. The van der Waals surface area contributed by atoms with Crippen molar-refractivity contribution < 1.29 is 9.53 Å². The number of ether oxygens (including phenoxy) is 1. The molecule has 3 rings (SSSR count). The second-order valence-electron chi connectivity index (χ2n) is 6.51. The highest BCUT2D eigenvalue weighted by Gasteiger charge is 2.36. The zero-order valence-corrected chi connectivity index (χ0v) is 14.7. The fourth-order valence-electron chi connectivity index (χ4n) is 3.26. The fraction of sp³-hybridized carbons (Fsp3) is 0.500. The number of rotatable bonds is 5.